The van der Waals surface area contributed by atoms with Crippen LogP contribution in [0.2, 0.25) is 0 Å². The Hall–Kier alpha value is -2.73. The quantitative estimate of drug-likeness (QED) is 0.254. The minimum absolute atomic E-state index is 0.0100. The Bertz CT molecular complexity index is 666. The van der Waals surface area contributed by atoms with Crippen LogP contribution in [0.3, 0.4) is 0 Å². The van der Waals surface area contributed by atoms with E-state index in [2.05, 4.69) is 15.5 Å². The monoisotopic (exact) mass is 269 g/mol. The van der Waals surface area contributed by atoms with E-state index in [0.717, 1.165) is 5.56 Å². The zero-order chi connectivity index (χ0) is 14.5. The van der Waals surface area contributed by atoms with Crippen molar-refractivity contribution in [2.45, 2.75) is 6.92 Å². The molecule has 1 heterocycles. The molecule has 20 heavy (non-hydrogen) atoms. The van der Waals surface area contributed by atoms with Gasteiger partial charge in [-0.15, -0.1) is 0 Å². The van der Waals surface area contributed by atoms with Crippen LogP contribution < -0.4 is 17.1 Å². The molecule has 0 aliphatic rings. The number of nitrogens with zero attached hydrogens (tertiary/aromatic N) is 2. The summed E-state index contributed by atoms with van der Waals surface area (Å²) in [6, 6.07) is 12.7. The predicted molar refractivity (Wildman–Crippen MR) is 77.7 cm³/mol. The minimum Gasteiger partial charge on any atom is -0.321 e. The first-order chi connectivity index (χ1) is 9.65. The van der Waals surface area contributed by atoms with E-state index < -0.39 is 0 Å². The molecule has 0 aliphatic carbocycles. The number of hydrazone groups is 1. The Morgan fingerprint density at radius 3 is 2.65 bits per heavy atom. The summed E-state index contributed by atoms with van der Waals surface area (Å²) in [6.07, 6.45) is 0. The van der Waals surface area contributed by atoms with E-state index in [9.17, 15) is 4.79 Å². The number of benzene rings is 1. The summed E-state index contributed by atoms with van der Waals surface area (Å²) < 4.78 is 0. The third-order valence-corrected chi connectivity index (χ3v) is 2.82. The number of nitrogens with one attached hydrogen (secondary N) is 1. The van der Waals surface area contributed by atoms with Gasteiger partial charge in [0, 0.05) is 11.1 Å². The topological polar surface area (TPSA) is 106 Å². The summed E-state index contributed by atoms with van der Waals surface area (Å²) in [5, 5.41) is 3.52. The minimum atomic E-state index is 0.0100. The Labute approximate surface area is 116 Å². The highest BCUT2D eigenvalue weighted by atomic mass is 16.1. The van der Waals surface area contributed by atoms with E-state index in [4.69, 9.17) is 11.7 Å². The van der Waals surface area contributed by atoms with Gasteiger partial charge in [0.25, 0.3) is 0 Å². The molecule has 0 saturated heterocycles. The lowest BCUT2D eigenvalue weighted by Gasteiger charge is -2.07. The first kappa shape index (κ1) is 13.7. The number of nitrogens with two attached hydrogens (primary N) is 2. The van der Waals surface area contributed by atoms with Crippen LogP contribution in [0.4, 0.5) is 0 Å². The maximum Gasteiger partial charge on any atom is 0.185 e. The average molecular weight is 269 g/mol. The number of amidine groups is 1. The highest BCUT2D eigenvalue weighted by Crippen LogP contribution is 2.19. The van der Waals surface area contributed by atoms with Crippen LogP contribution in [0.15, 0.2) is 47.6 Å². The smallest absolute Gasteiger partial charge is 0.185 e. The number of carbonyl (C=O) groups excluding carboxylic acids is 1. The molecule has 6 nitrogen and oxygen atoms in total. The van der Waals surface area contributed by atoms with Gasteiger partial charge in [-0.2, -0.15) is 5.10 Å². The van der Waals surface area contributed by atoms with Crippen LogP contribution in [0.5, 0.6) is 0 Å². The molecule has 0 aliphatic heterocycles. The molecule has 0 fully saturated rings. The number of hydrogen-bond acceptors (Lipinski definition) is 5. The first-order valence-corrected chi connectivity index (χ1v) is 5.99. The molecular weight excluding hydrogens is 254 g/mol. The predicted octanol–water partition coefficient (Wildman–Crippen LogP) is 1.03. The number of aromatic nitrogens is 1. The first-order valence-electron chi connectivity index (χ1n) is 5.99. The zero-order valence-corrected chi connectivity index (χ0v) is 11.0. The molecule has 2 aromatic rings. The molecule has 0 spiro atoms. The van der Waals surface area contributed by atoms with E-state index in [1.54, 1.807) is 18.2 Å². The molecule has 0 bridgehead atoms. The maximum absolute atomic E-state index is 11.4. The fraction of sp³-hybridized carbons (Fsp3) is 0.0714. The van der Waals surface area contributed by atoms with Gasteiger partial charge in [-0.05, 0) is 25.1 Å². The lowest BCUT2D eigenvalue weighted by Crippen LogP contribution is -2.32. The Morgan fingerprint density at radius 1 is 1.25 bits per heavy atom. The fourth-order valence-electron chi connectivity index (χ4n) is 1.80. The summed E-state index contributed by atoms with van der Waals surface area (Å²) in [5.74, 6) is 10.8. The SMILES string of the molecule is CC(=O)c1cccc(-c2cccc(/C(=N/N)NN)n2)c1. The van der Waals surface area contributed by atoms with Crippen molar-refractivity contribution in [2.24, 2.45) is 16.8 Å². The second-order valence-electron chi connectivity index (χ2n) is 4.17. The van der Waals surface area contributed by atoms with Crippen LogP contribution in [-0.4, -0.2) is 16.6 Å². The highest BCUT2D eigenvalue weighted by Gasteiger charge is 2.07. The van der Waals surface area contributed by atoms with E-state index in [1.165, 1.54) is 6.92 Å². The Morgan fingerprint density at radius 2 is 2.00 bits per heavy atom. The van der Waals surface area contributed by atoms with Crippen molar-refractivity contribution in [3.8, 4) is 11.3 Å². The van der Waals surface area contributed by atoms with Gasteiger partial charge in [0.05, 0.1) is 5.69 Å². The Kier molecular flexibility index (Phi) is 4.07. The molecule has 0 radical (unpaired) electrons. The number of carbonyl (C=O) groups is 1. The number of hydrazine groups is 1. The van der Waals surface area contributed by atoms with Crippen molar-refractivity contribution in [1.82, 2.24) is 10.4 Å². The van der Waals surface area contributed by atoms with Gasteiger partial charge >= 0.3 is 0 Å². The van der Waals surface area contributed by atoms with Gasteiger partial charge < -0.3 is 11.3 Å². The average Bonchev–Trinajstić information content (AvgIpc) is 2.49. The molecular formula is C14H15N5O. The van der Waals surface area contributed by atoms with Crippen molar-refractivity contribution in [3.63, 3.8) is 0 Å². The number of hydrogen-bond donors (Lipinski definition) is 3. The number of ketones is 1. The molecule has 6 heteroatoms. The van der Waals surface area contributed by atoms with Crippen molar-refractivity contribution < 1.29 is 4.79 Å². The largest absolute Gasteiger partial charge is 0.321 e. The molecule has 1 aromatic carbocycles. The highest BCUT2D eigenvalue weighted by molar-refractivity contribution is 5.97. The van der Waals surface area contributed by atoms with Crippen LogP contribution in [0, 0.1) is 0 Å². The molecule has 0 amide bonds. The summed E-state index contributed by atoms with van der Waals surface area (Å²) in [5.41, 5.74) is 5.10. The van der Waals surface area contributed by atoms with E-state index >= 15 is 0 Å². The van der Waals surface area contributed by atoms with Gasteiger partial charge in [-0.3, -0.25) is 4.79 Å². The van der Waals surface area contributed by atoms with Gasteiger partial charge in [-0.1, -0.05) is 24.3 Å². The van der Waals surface area contributed by atoms with Crippen LogP contribution in [0.25, 0.3) is 11.3 Å². The lowest BCUT2D eigenvalue weighted by atomic mass is 10.1. The second-order valence-corrected chi connectivity index (χ2v) is 4.17. The normalized spacial score (nSPS) is 11.2. The molecule has 0 saturated carbocycles. The summed E-state index contributed by atoms with van der Waals surface area (Å²) >= 11 is 0. The molecule has 2 rings (SSSR count). The number of rotatable bonds is 3. The van der Waals surface area contributed by atoms with Gasteiger partial charge in [0.2, 0.25) is 0 Å². The van der Waals surface area contributed by atoms with Crippen molar-refractivity contribution >= 4 is 11.6 Å². The summed E-state index contributed by atoms with van der Waals surface area (Å²) in [6.45, 7) is 1.53. The molecule has 0 atom stereocenters. The van der Waals surface area contributed by atoms with E-state index in [-0.39, 0.29) is 11.6 Å². The molecule has 5 N–H and O–H groups in total. The number of pyridine rings is 1. The van der Waals surface area contributed by atoms with Crippen LogP contribution in [0.1, 0.15) is 23.0 Å². The van der Waals surface area contributed by atoms with Crippen molar-refractivity contribution in [1.29, 1.82) is 0 Å². The second kappa shape index (κ2) is 5.94. The third-order valence-electron chi connectivity index (χ3n) is 2.82. The van der Waals surface area contributed by atoms with Gasteiger partial charge in [0.1, 0.15) is 5.69 Å². The lowest BCUT2D eigenvalue weighted by molar-refractivity contribution is 0.101. The van der Waals surface area contributed by atoms with Crippen LogP contribution in [-0.2, 0) is 0 Å². The fourth-order valence-corrected chi connectivity index (χ4v) is 1.80. The van der Waals surface area contributed by atoms with Gasteiger partial charge in [0.15, 0.2) is 11.6 Å². The standard InChI is InChI=1S/C14H15N5O/c1-9(20)10-4-2-5-11(8-10)12-6-3-7-13(17-12)14(18-15)19-16/h2-8H,15-16H2,1H3,(H,18,19). The summed E-state index contributed by atoms with van der Waals surface area (Å²) in [7, 11) is 0. The third kappa shape index (κ3) is 2.81. The Balaban J connectivity index is 2.46. The molecule has 102 valence electrons. The van der Waals surface area contributed by atoms with Crippen LogP contribution >= 0.6 is 0 Å². The summed E-state index contributed by atoms with van der Waals surface area (Å²) in [4.78, 5) is 15.8. The van der Waals surface area contributed by atoms with E-state index in [0.29, 0.717) is 17.0 Å². The number of Topliss-reactive ketones (excluding diaryl/α,β-unsaturated/α-hetero) is 1. The maximum atomic E-state index is 11.4. The van der Waals surface area contributed by atoms with Gasteiger partial charge in [-0.25, -0.2) is 10.8 Å². The van der Waals surface area contributed by atoms with Crippen molar-refractivity contribution in [3.05, 3.63) is 53.7 Å². The van der Waals surface area contributed by atoms with E-state index in [1.807, 2.05) is 24.3 Å². The molecule has 0 unspecified atom stereocenters. The van der Waals surface area contributed by atoms with Crippen molar-refractivity contribution in [2.75, 3.05) is 0 Å². The molecule has 1 aromatic heterocycles. The zero-order valence-electron chi connectivity index (χ0n) is 11.0.